The van der Waals surface area contributed by atoms with Crippen LogP contribution in [0.5, 0.6) is 0 Å². The summed E-state index contributed by atoms with van der Waals surface area (Å²) in [6.07, 6.45) is 0.771. The van der Waals surface area contributed by atoms with E-state index in [1.807, 2.05) is 39.8 Å². The molecule has 0 aliphatic carbocycles. The predicted octanol–water partition coefficient (Wildman–Crippen LogP) is 3.91. The Morgan fingerprint density at radius 3 is 2.48 bits per heavy atom. The molecule has 23 heavy (non-hydrogen) atoms. The number of rotatable bonds is 4. The van der Waals surface area contributed by atoms with Crippen LogP contribution in [-0.2, 0) is 22.5 Å². The lowest BCUT2D eigenvalue weighted by Gasteiger charge is -2.19. The number of benzene rings is 1. The van der Waals surface area contributed by atoms with Crippen molar-refractivity contribution in [3.63, 3.8) is 0 Å². The molecule has 2 aromatic rings. The summed E-state index contributed by atoms with van der Waals surface area (Å²) in [4.78, 5) is 24.0. The molecule has 6 heteroatoms. The van der Waals surface area contributed by atoms with Crippen molar-refractivity contribution >= 4 is 38.6 Å². The zero-order chi connectivity index (χ0) is 17.4. The number of ketones is 1. The quantitative estimate of drug-likeness (QED) is 0.595. The van der Waals surface area contributed by atoms with E-state index < -0.39 is 5.60 Å². The van der Waals surface area contributed by atoms with Crippen LogP contribution in [0.25, 0.3) is 10.9 Å². The molecule has 5 nitrogen and oxygen atoms in total. The van der Waals surface area contributed by atoms with Crippen molar-refractivity contribution in [2.45, 2.75) is 53.2 Å². The normalized spacial score (nSPS) is 11.7. The van der Waals surface area contributed by atoms with Crippen LogP contribution in [0.15, 0.2) is 16.6 Å². The molecule has 1 heterocycles. The van der Waals surface area contributed by atoms with E-state index in [9.17, 15) is 9.59 Å². The van der Waals surface area contributed by atoms with Gasteiger partial charge >= 0.3 is 5.97 Å². The third-order valence-corrected chi connectivity index (χ3v) is 3.76. The maximum Gasteiger partial charge on any atom is 0.328 e. The third-order valence-electron chi connectivity index (χ3n) is 3.30. The maximum atomic E-state index is 12.1. The fraction of sp³-hybridized carbons (Fsp3) is 0.471. The number of aromatic nitrogens is 2. The van der Waals surface area contributed by atoms with E-state index in [1.54, 1.807) is 4.68 Å². The van der Waals surface area contributed by atoms with Crippen LogP contribution in [0.1, 0.15) is 50.7 Å². The summed E-state index contributed by atoms with van der Waals surface area (Å²) >= 11 is 3.47. The summed E-state index contributed by atoms with van der Waals surface area (Å²) in [6.45, 7) is 8.95. The third kappa shape index (κ3) is 3.99. The zero-order valence-electron chi connectivity index (χ0n) is 14.1. The number of hydrogen-bond donors (Lipinski definition) is 0. The van der Waals surface area contributed by atoms with Crippen molar-refractivity contribution in [3.05, 3.63) is 27.9 Å². The van der Waals surface area contributed by atoms with Gasteiger partial charge in [-0.2, -0.15) is 5.10 Å². The Labute approximate surface area is 144 Å². The van der Waals surface area contributed by atoms with Crippen LogP contribution in [0.4, 0.5) is 0 Å². The van der Waals surface area contributed by atoms with Gasteiger partial charge in [-0.3, -0.25) is 14.3 Å². The minimum atomic E-state index is -0.555. The van der Waals surface area contributed by atoms with Crippen LogP contribution >= 0.6 is 15.9 Å². The van der Waals surface area contributed by atoms with Gasteiger partial charge in [0.05, 0.1) is 5.52 Å². The average Bonchev–Trinajstić information content (AvgIpc) is 2.74. The first-order chi connectivity index (χ1) is 10.6. The zero-order valence-corrected chi connectivity index (χ0v) is 15.7. The molecule has 1 aromatic carbocycles. The molecule has 0 amide bonds. The van der Waals surface area contributed by atoms with E-state index in [2.05, 4.69) is 21.0 Å². The van der Waals surface area contributed by atoms with Gasteiger partial charge in [-0.25, -0.2) is 0 Å². The van der Waals surface area contributed by atoms with E-state index >= 15 is 0 Å². The smallest absolute Gasteiger partial charge is 0.328 e. The summed E-state index contributed by atoms with van der Waals surface area (Å²) < 4.78 is 7.83. The molecule has 0 spiro atoms. The number of fused-ring (bicyclic) bond motifs is 1. The number of hydrogen-bond acceptors (Lipinski definition) is 4. The summed E-state index contributed by atoms with van der Waals surface area (Å²) in [6, 6.07) is 3.85. The number of nitrogens with zero attached hydrogens (tertiary/aromatic N) is 2. The second-order valence-electron chi connectivity index (χ2n) is 6.46. The first-order valence-corrected chi connectivity index (χ1v) is 8.33. The van der Waals surface area contributed by atoms with Gasteiger partial charge in [0, 0.05) is 16.8 Å². The Kier molecular flexibility index (Phi) is 4.94. The maximum absolute atomic E-state index is 12.1. The first kappa shape index (κ1) is 17.7. The number of Topliss-reactive ketones (excluding diaryl/α,β-unsaturated/α-hetero) is 1. The van der Waals surface area contributed by atoms with E-state index in [-0.39, 0.29) is 18.3 Å². The number of aryl methyl sites for hydroxylation is 1. The highest BCUT2D eigenvalue weighted by Crippen LogP contribution is 2.28. The Morgan fingerprint density at radius 1 is 1.30 bits per heavy atom. The van der Waals surface area contributed by atoms with E-state index in [0.717, 1.165) is 27.4 Å². The largest absolute Gasteiger partial charge is 0.459 e. The standard InChI is InChI=1S/C17H21BrN2O3/c1-6-11-7-12(18)8-13-15(10(2)21)19-20(16(11)13)9-14(22)23-17(3,4)5/h7-8H,6,9H2,1-5H3. The molecular weight excluding hydrogens is 360 g/mol. The molecular formula is C17H21BrN2O3. The SMILES string of the molecule is CCc1cc(Br)cc2c(C(C)=O)nn(CC(=O)OC(C)(C)C)c12. The summed E-state index contributed by atoms with van der Waals surface area (Å²) in [5.41, 5.74) is 1.66. The summed E-state index contributed by atoms with van der Waals surface area (Å²) in [7, 11) is 0. The van der Waals surface area contributed by atoms with Gasteiger partial charge in [-0.15, -0.1) is 0 Å². The summed E-state index contributed by atoms with van der Waals surface area (Å²) in [5, 5.41) is 5.11. The lowest BCUT2D eigenvalue weighted by molar-refractivity contribution is -0.155. The summed E-state index contributed by atoms with van der Waals surface area (Å²) in [5.74, 6) is -0.500. The molecule has 1 aromatic heterocycles. The average molecular weight is 381 g/mol. The van der Waals surface area contributed by atoms with Gasteiger partial charge in [0.25, 0.3) is 0 Å². The van der Waals surface area contributed by atoms with Crippen LogP contribution in [0, 0.1) is 0 Å². The number of esters is 1. The molecule has 0 atom stereocenters. The van der Waals surface area contributed by atoms with Gasteiger partial charge in [-0.1, -0.05) is 22.9 Å². The molecule has 0 radical (unpaired) electrons. The van der Waals surface area contributed by atoms with Crippen molar-refractivity contribution in [1.82, 2.24) is 9.78 Å². The molecule has 0 bridgehead atoms. The van der Waals surface area contributed by atoms with Crippen LogP contribution in [0.3, 0.4) is 0 Å². The molecule has 124 valence electrons. The van der Waals surface area contributed by atoms with Gasteiger partial charge in [0.1, 0.15) is 17.8 Å². The van der Waals surface area contributed by atoms with Gasteiger partial charge in [0.15, 0.2) is 5.78 Å². The van der Waals surface area contributed by atoms with Crippen LogP contribution in [0.2, 0.25) is 0 Å². The Bertz CT molecular complexity index is 772. The second kappa shape index (κ2) is 6.43. The molecule has 0 saturated heterocycles. The minimum absolute atomic E-state index is 0.0182. The van der Waals surface area contributed by atoms with Gasteiger partial charge < -0.3 is 4.74 Å². The highest BCUT2D eigenvalue weighted by atomic mass is 79.9. The van der Waals surface area contributed by atoms with Gasteiger partial charge in [0.2, 0.25) is 0 Å². The van der Waals surface area contributed by atoms with Crippen molar-refractivity contribution in [2.24, 2.45) is 0 Å². The topological polar surface area (TPSA) is 61.2 Å². The van der Waals surface area contributed by atoms with Crippen molar-refractivity contribution in [2.75, 3.05) is 0 Å². The molecule has 2 rings (SSSR count). The number of halogens is 1. The minimum Gasteiger partial charge on any atom is -0.459 e. The molecule has 0 aliphatic heterocycles. The molecule has 0 fully saturated rings. The van der Waals surface area contributed by atoms with E-state index in [0.29, 0.717) is 5.69 Å². The Morgan fingerprint density at radius 2 is 1.96 bits per heavy atom. The second-order valence-corrected chi connectivity index (χ2v) is 7.38. The van der Waals surface area contributed by atoms with Crippen LogP contribution in [-0.4, -0.2) is 27.1 Å². The van der Waals surface area contributed by atoms with Crippen molar-refractivity contribution in [1.29, 1.82) is 0 Å². The lowest BCUT2D eigenvalue weighted by atomic mass is 10.1. The number of carbonyl (C=O) groups is 2. The number of ether oxygens (including phenoxy) is 1. The fourth-order valence-electron chi connectivity index (χ4n) is 2.51. The molecule has 0 unspecified atom stereocenters. The van der Waals surface area contributed by atoms with Crippen molar-refractivity contribution < 1.29 is 14.3 Å². The fourth-order valence-corrected chi connectivity index (χ4v) is 3.01. The highest BCUT2D eigenvalue weighted by molar-refractivity contribution is 9.10. The predicted molar refractivity (Wildman–Crippen MR) is 92.7 cm³/mol. The lowest BCUT2D eigenvalue weighted by Crippen LogP contribution is -2.27. The monoisotopic (exact) mass is 380 g/mol. The Balaban J connectivity index is 2.55. The molecule has 0 N–H and O–H groups in total. The van der Waals surface area contributed by atoms with E-state index in [4.69, 9.17) is 4.74 Å². The first-order valence-electron chi connectivity index (χ1n) is 7.54. The highest BCUT2D eigenvalue weighted by Gasteiger charge is 2.21. The van der Waals surface area contributed by atoms with Gasteiger partial charge in [-0.05, 0) is 44.9 Å². The molecule has 0 saturated carbocycles. The Hall–Kier alpha value is -1.69. The van der Waals surface area contributed by atoms with E-state index in [1.165, 1.54) is 6.92 Å². The number of carbonyl (C=O) groups excluding carboxylic acids is 2. The van der Waals surface area contributed by atoms with Crippen molar-refractivity contribution in [3.8, 4) is 0 Å². The molecule has 0 aliphatic rings. The van der Waals surface area contributed by atoms with Crippen LogP contribution < -0.4 is 0 Å².